The minimum Gasteiger partial charge on any atom is -0.324 e. The molecule has 0 saturated carbocycles. The lowest BCUT2D eigenvalue weighted by atomic mass is 9.96. The summed E-state index contributed by atoms with van der Waals surface area (Å²) < 4.78 is 0. The third-order valence-corrected chi connectivity index (χ3v) is 2.48. The summed E-state index contributed by atoms with van der Waals surface area (Å²) in [6, 6.07) is 1.38. The third-order valence-electron chi connectivity index (χ3n) is 2.19. The van der Waals surface area contributed by atoms with E-state index in [9.17, 15) is 4.79 Å². The summed E-state index contributed by atoms with van der Waals surface area (Å²) in [5, 5.41) is 10.5. The second kappa shape index (κ2) is 4.98. The standard InChI is InChI=1S/C11H17ClN4O/c1-6(13)7-5-8(15-16-9(7)12)14-10(17)11(2,3)4/h5-6H,13H2,1-4H3,(H,14,15,17). The van der Waals surface area contributed by atoms with Crippen LogP contribution in [-0.4, -0.2) is 16.1 Å². The van der Waals surface area contributed by atoms with Gasteiger partial charge in [-0.25, -0.2) is 0 Å². The largest absolute Gasteiger partial charge is 0.324 e. The van der Waals surface area contributed by atoms with Crippen molar-refractivity contribution in [1.29, 1.82) is 0 Å². The maximum absolute atomic E-state index is 11.8. The van der Waals surface area contributed by atoms with E-state index in [1.807, 2.05) is 20.8 Å². The first-order valence-corrected chi connectivity index (χ1v) is 5.69. The van der Waals surface area contributed by atoms with Crippen LogP contribution in [0.1, 0.15) is 39.3 Å². The fourth-order valence-corrected chi connectivity index (χ4v) is 1.34. The Bertz CT molecular complexity index is 426. The summed E-state index contributed by atoms with van der Waals surface area (Å²) in [6.45, 7) is 7.24. The number of halogens is 1. The molecule has 5 nitrogen and oxygen atoms in total. The zero-order chi connectivity index (χ0) is 13.2. The number of nitrogens with zero attached hydrogens (tertiary/aromatic N) is 2. The zero-order valence-corrected chi connectivity index (χ0v) is 11.2. The van der Waals surface area contributed by atoms with Crippen LogP contribution in [-0.2, 0) is 4.79 Å². The first-order valence-electron chi connectivity index (χ1n) is 5.32. The van der Waals surface area contributed by atoms with Gasteiger partial charge in [0.15, 0.2) is 11.0 Å². The Hall–Kier alpha value is -1.20. The molecule has 1 unspecified atom stereocenters. The Morgan fingerprint density at radius 3 is 2.53 bits per heavy atom. The van der Waals surface area contributed by atoms with Crippen molar-refractivity contribution in [3.63, 3.8) is 0 Å². The highest BCUT2D eigenvalue weighted by Gasteiger charge is 2.22. The molecule has 1 aromatic rings. The smallest absolute Gasteiger partial charge is 0.230 e. The van der Waals surface area contributed by atoms with Crippen molar-refractivity contribution in [1.82, 2.24) is 10.2 Å². The summed E-state index contributed by atoms with van der Waals surface area (Å²) in [5.74, 6) is 0.228. The Balaban J connectivity index is 2.94. The van der Waals surface area contributed by atoms with Gasteiger partial charge in [0.25, 0.3) is 0 Å². The van der Waals surface area contributed by atoms with E-state index < -0.39 is 5.41 Å². The predicted octanol–water partition coefficient (Wildman–Crippen LogP) is 2.13. The van der Waals surface area contributed by atoms with Gasteiger partial charge < -0.3 is 11.1 Å². The number of hydrogen-bond acceptors (Lipinski definition) is 4. The van der Waals surface area contributed by atoms with Gasteiger partial charge in [0.1, 0.15) is 0 Å². The number of amides is 1. The number of rotatable bonds is 2. The van der Waals surface area contributed by atoms with Gasteiger partial charge in [-0.1, -0.05) is 32.4 Å². The molecule has 1 atom stereocenters. The van der Waals surface area contributed by atoms with Gasteiger partial charge >= 0.3 is 0 Å². The van der Waals surface area contributed by atoms with Crippen molar-refractivity contribution in [3.8, 4) is 0 Å². The van der Waals surface area contributed by atoms with Crippen LogP contribution in [0.5, 0.6) is 0 Å². The molecule has 1 heterocycles. The SMILES string of the molecule is CC(N)c1cc(NC(=O)C(C)(C)C)nnc1Cl. The molecule has 0 aliphatic carbocycles. The Labute approximate surface area is 106 Å². The molecule has 0 aliphatic heterocycles. The van der Waals surface area contributed by atoms with Crippen LogP contribution in [0.15, 0.2) is 6.07 Å². The van der Waals surface area contributed by atoms with Crippen molar-refractivity contribution in [3.05, 3.63) is 16.8 Å². The maximum Gasteiger partial charge on any atom is 0.230 e. The summed E-state index contributed by atoms with van der Waals surface area (Å²) in [7, 11) is 0. The summed E-state index contributed by atoms with van der Waals surface area (Å²) in [4.78, 5) is 11.8. The minimum absolute atomic E-state index is 0.134. The highest BCUT2D eigenvalue weighted by molar-refractivity contribution is 6.30. The predicted molar refractivity (Wildman–Crippen MR) is 67.7 cm³/mol. The zero-order valence-electron chi connectivity index (χ0n) is 10.4. The molecule has 0 fully saturated rings. The van der Waals surface area contributed by atoms with E-state index in [4.69, 9.17) is 17.3 Å². The van der Waals surface area contributed by atoms with Crippen LogP contribution in [0.4, 0.5) is 5.82 Å². The number of hydrogen-bond donors (Lipinski definition) is 2. The molecule has 0 radical (unpaired) electrons. The van der Waals surface area contributed by atoms with Crippen LogP contribution in [0, 0.1) is 5.41 Å². The van der Waals surface area contributed by atoms with Crippen LogP contribution < -0.4 is 11.1 Å². The summed E-state index contributed by atoms with van der Waals surface area (Å²) in [6.07, 6.45) is 0. The second-order valence-corrected chi connectivity index (χ2v) is 5.33. The van der Waals surface area contributed by atoms with Crippen molar-refractivity contribution in [2.75, 3.05) is 5.32 Å². The first kappa shape index (κ1) is 13.9. The second-order valence-electron chi connectivity index (χ2n) is 4.97. The molecule has 1 aromatic heterocycles. The lowest BCUT2D eigenvalue weighted by molar-refractivity contribution is -0.123. The number of aromatic nitrogens is 2. The van der Waals surface area contributed by atoms with E-state index in [1.54, 1.807) is 13.0 Å². The molecule has 6 heteroatoms. The van der Waals surface area contributed by atoms with E-state index >= 15 is 0 Å². The van der Waals surface area contributed by atoms with Gasteiger partial charge in [-0.05, 0) is 13.0 Å². The molecule has 3 N–H and O–H groups in total. The Morgan fingerprint density at radius 2 is 2.06 bits per heavy atom. The van der Waals surface area contributed by atoms with Gasteiger partial charge in [0.05, 0.1) is 0 Å². The Kier molecular flexibility index (Phi) is 4.06. The van der Waals surface area contributed by atoms with Crippen LogP contribution in [0.3, 0.4) is 0 Å². The molecule has 0 bridgehead atoms. The molecular weight excluding hydrogens is 240 g/mol. The van der Waals surface area contributed by atoms with E-state index in [1.165, 1.54) is 0 Å². The van der Waals surface area contributed by atoms with Crippen LogP contribution in [0.25, 0.3) is 0 Å². The molecule has 0 aromatic carbocycles. The number of carbonyl (C=O) groups is 1. The van der Waals surface area contributed by atoms with Gasteiger partial charge in [-0.15, -0.1) is 10.2 Å². The topological polar surface area (TPSA) is 80.9 Å². The molecule has 1 amide bonds. The normalized spacial score (nSPS) is 13.3. The number of anilines is 1. The highest BCUT2D eigenvalue weighted by Crippen LogP contribution is 2.22. The number of nitrogens with one attached hydrogen (secondary N) is 1. The molecule has 0 aliphatic rings. The van der Waals surface area contributed by atoms with Gasteiger partial charge in [0, 0.05) is 17.0 Å². The van der Waals surface area contributed by atoms with Crippen molar-refractivity contribution < 1.29 is 4.79 Å². The molecule has 0 spiro atoms. The van der Waals surface area contributed by atoms with Gasteiger partial charge in [-0.3, -0.25) is 4.79 Å². The van der Waals surface area contributed by atoms with Crippen molar-refractivity contribution in [2.45, 2.75) is 33.7 Å². The number of nitrogens with two attached hydrogens (primary N) is 1. The molecule has 0 saturated heterocycles. The quantitative estimate of drug-likeness (QED) is 0.849. The monoisotopic (exact) mass is 256 g/mol. The highest BCUT2D eigenvalue weighted by atomic mass is 35.5. The summed E-state index contributed by atoms with van der Waals surface area (Å²) >= 11 is 5.85. The lowest BCUT2D eigenvalue weighted by Crippen LogP contribution is -2.28. The summed E-state index contributed by atoms with van der Waals surface area (Å²) in [5.41, 5.74) is 5.90. The molecular formula is C11H17ClN4O. The van der Waals surface area contributed by atoms with Crippen molar-refractivity contribution in [2.24, 2.45) is 11.1 Å². The number of carbonyl (C=O) groups excluding carboxylic acids is 1. The molecule has 94 valence electrons. The van der Waals surface area contributed by atoms with Gasteiger partial charge in [-0.2, -0.15) is 0 Å². The van der Waals surface area contributed by atoms with Crippen LogP contribution in [0.2, 0.25) is 5.15 Å². The first-order chi connectivity index (χ1) is 7.71. The molecule has 1 rings (SSSR count). The average molecular weight is 257 g/mol. The lowest BCUT2D eigenvalue weighted by Gasteiger charge is -2.17. The van der Waals surface area contributed by atoms with Gasteiger partial charge in [0.2, 0.25) is 5.91 Å². The Morgan fingerprint density at radius 1 is 1.47 bits per heavy atom. The fraction of sp³-hybridized carbons (Fsp3) is 0.545. The van der Waals surface area contributed by atoms with E-state index in [0.717, 1.165) is 0 Å². The minimum atomic E-state index is -0.490. The van der Waals surface area contributed by atoms with Crippen molar-refractivity contribution >= 4 is 23.3 Å². The maximum atomic E-state index is 11.8. The van der Waals surface area contributed by atoms with Crippen LogP contribution >= 0.6 is 11.6 Å². The molecule has 17 heavy (non-hydrogen) atoms. The third kappa shape index (κ3) is 3.64. The fourth-order valence-electron chi connectivity index (χ4n) is 1.08. The van der Waals surface area contributed by atoms with E-state index in [-0.39, 0.29) is 17.1 Å². The van der Waals surface area contributed by atoms with E-state index in [2.05, 4.69) is 15.5 Å². The van der Waals surface area contributed by atoms with E-state index in [0.29, 0.717) is 11.4 Å². The average Bonchev–Trinajstić information content (AvgIpc) is 2.19.